The van der Waals surface area contributed by atoms with Gasteiger partial charge < -0.3 is 9.84 Å². The zero-order chi connectivity index (χ0) is 10.6. The van der Waals surface area contributed by atoms with Crippen LogP contribution in [0, 0.1) is 0 Å². The van der Waals surface area contributed by atoms with Gasteiger partial charge in [0.1, 0.15) is 4.88 Å². The number of ether oxygens (including phenoxy) is 1. The zero-order valence-corrected chi connectivity index (χ0v) is 9.13. The van der Waals surface area contributed by atoms with Crippen LogP contribution in [0.2, 0.25) is 0 Å². The molecule has 14 heavy (non-hydrogen) atoms. The van der Waals surface area contributed by atoms with Gasteiger partial charge in [-0.25, -0.2) is 4.79 Å². The van der Waals surface area contributed by atoms with Crippen molar-refractivity contribution in [2.45, 2.75) is 25.9 Å². The summed E-state index contributed by atoms with van der Waals surface area (Å²) in [5.74, 6) is -0.293. The first-order valence-electron chi connectivity index (χ1n) is 4.48. The van der Waals surface area contributed by atoms with Gasteiger partial charge in [-0.3, -0.25) is 0 Å². The Kier molecular flexibility index (Phi) is 4.10. The van der Waals surface area contributed by atoms with Crippen LogP contribution in [0.3, 0.4) is 0 Å². The fraction of sp³-hybridized carbons (Fsp3) is 0.500. The topological polar surface area (TPSA) is 46.5 Å². The summed E-state index contributed by atoms with van der Waals surface area (Å²) in [5, 5.41) is 9.09. The maximum Gasteiger partial charge on any atom is 0.348 e. The molecule has 0 aliphatic heterocycles. The highest BCUT2D eigenvalue weighted by atomic mass is 32.1. The van der Waals surface area contributed by atoms with Crippen molar-refractivity contribution in [2.24, 2.45) is 0 Å². The second kappa shape index (κ2) is 5.12. The van der Waals surface area contributed by atoms with E-state index in [-0.39, 0.29) is 12.1 Å². The summed E-state index contributed by atoms with van der Waals surface area (Å²) < 4.78 is 4.60. The van der Waals surface area contributed by atoms with Gasteiger partial charge in [0, 0.05) is 4.88 Å². The molecule has 0 radical (unpaired) electrons. The molecule has 0 amide bonds. The SMILES string of the molecule is COC(=O)c1ccc(CC[C@@H](C)O)s1. The molecule has 0 aliphatic rings. The lowest BCUT2D eigenvalue weighted by Crippen LogP contribution is -2.00. The van der Waals surface area contributed by atoms with Gasteiger partial charge in [0.25, 0.3) is 0 Å². The van der Waals surface area contributed by atoms with Crippen molar-refractivity contribution in [3.63, 3.8) is 0 Å². The van der Waals surface area contributed by atoms with Gasteiger partial charge in [-0.15, -0.1) is 11.3 Å². The van der Waals surface area contributed by atoms with Crippen LogP contribution in [0.5, 0.6) is 0 Å². The molecule has 1 atom stereocenters. The van der Waals surface area contributed by atoms with Crippen LogP contribution in [0.4, 0.5) is 0 Å². The van der Waals surface area contributed by atoms with Gasteiger partial charge in [0.05, 0.1) is 13.2 Å². The van der Waals surface area contributed by atoms with Crippen molar-refractivity contribution >= 4 is 17.3 Å². The molecule has 0 aliphatic carbocycles. The molecule has 1 heterocycles. The van der Waals surface area contributed by atoms with E-state index >= 15 is 0 Å². The summed E-state index contributed by atoms with van der Waals surface area (Å²) in [6, 6.07) is 3.66. The van der Waals surface area contributed by atoms with E-state index < -0.39 is 0 Å². The van der Waals surface area contributed by atoms with E-state index in [0.29, 0.717) is 4.88 Å². The Bertz CT molecular complexity index is 304. The normalized spacial score (nSPS) is 12.5. The number of aryl methyl sites for hydroxylation is 1. The number of carbonyl (C=O) groups excluding carboxylic acids is 1. The summed E-state index contributed by atoms with van der Waals surface area (Å²) in [7, 11) is 1.37. The van der Waals surface area contributed by atoms with Crippen molar-refractivity contribution in [2.75, 3.05) is 7.11 Å². The molecule has 1 rings (SSSR count). The average molecular weight is 214 g/mol. The number of methoxy groups -OCH3 is 1. The highest BCUT2D eigenvalue weighted by Gasteiger charge is 2.09. The number of hydrogen-bond acceptors (Lipinski definition) is 4. The van der Waals surface area contributed by atoms with E-state index in [1.165, 1.54) is 18.4 Å². The Morgan fingerprint density at radius 1 is 1.64 bits per heavy atom. The lowest BCUT2D eigenvalue weighted by molar-refractivity contribution is 0.0606. The summed E-state index contributed by atoms with van der Waals surface area (Å²) in [6.07, 6.45) is 1.24. The van der Waals surface area contributed by atoms with Gasteiger partial charge in [-0.1, -0.05) is 0 Å². The molecule has 3 nitrogen and oxygen atoms in total. The highest BCUT2D eigenvalue weighted by molar-refractivity contribution is 7.13. The van der Waals surface area contributed by atoms with E-state index in [2.05, 4.69) is 4.74 Å². The molecule has 78 valence electrons. The minimum absolute atomic E-state index is 0.293. The van der Waals surface area contributed by atoms with E-state index in [9.17, 15) is 4.79 Å². The Hall–Kier alpha value is -0.870. The van der Waals surface area contributed by atoms with Crippen LogP contribution in [-0.4, -0.2) is 24.3 Å². The maximum atomic E-state index is 11.1. The minimum Gasteiger partial charge on any atom is -0.465 e. The first kappa shape index (κ1) is 11.2. The van der Waals surface area contributed by atoms with Gasteiger partial charge in [-0.2, -0.15) is 0 Å². The van der Waals surface area contributed by atoms with Gasteiger partial charge in [0.2, 0.25) is 0 Å². The lowest BCUT2D eigenvalue weighted by atomic mass is 10.2. The summed E-state index contributed by atoms with van der Waals surface area (Å²) in [5.41, 5.74) is 0. The molecule has 0 saturated heterocycles. The Morgan fingerprint density at radius 2 is 2.36 bits per heavy atom. The number of thiophene rings is 1. The minimum atomic E-state index is -0.293. The van der Waals surface area contributed by atoms with E-state index in [1.54, 1.807) is 13.0 Å². The molecule has 1 aromatic rings. The average Bonchev–Trinajstić information content (AvgIpc) is 2.62. The molecule has 4 heteroatoms. The summed E-state index contributed by atoms with van der Waals surface area (Å²) >= 11 is 1.42. The maximum absolute atomic E-state index is 11.1. The predicted molar refractivity (Wildman–Crippen MR) is 55.7 cm³/mol. The van der Waals surface area contributed by atoms with E-state index in [1.807, 2.05) is 6.07 Å². The van der Waals surface area contributed by atoms with Gasteiger partial charge in [-0.05, 0) is 31.9 Å². The van der Waals surface area contributed by atoms with E-state index in [4.69, 9.17) is 5.11 Å². The third kappa shape index (κ3) is 3.12. The summed E-state index contributed by atoms with van der Waals surface area (Å²) in [4.78, 5) is 12.8. The third-order valence-corrected chi connectivity index (χ3v) is 2.98. The molecule has 1 aromatic heterocycles. The molecule has 0 spiro atoms. The van der Waals surface area contributed by atoms with Crippen molar-refractivity contribution in [1.29, 1.82) is 0 Å². The molecular weight excluding hydrogens is 200 g/mol. The van der Waals surface area contributed by atoms with E-state index in [0.717, 1.165) is 17.7 Å². The predicted octanol–water partition coefficient (Wildman–Crippen LogP) is 1.85. The number of esters is 1. The smallest absolute Gasteiger partial charge is 0.348 e. The molecule has 0 bridgehead atoms. The number of aliphatic hydroxyl groups excluding tert-OH is 1. The van der Waals surface area contributed by atoms with Crippen molar-refractivity contribution in [1.82, 2.24) is 0 Å². The lowest BCUT2D eigenvalue weighted by Gasteiger charge is -2.00. The number of rotatable bonds is 4. The van der Waals surface area contributed by atoms with Crippen LogP contribution in [0.1, 0.15) is 27.9 Å². The molecule has 0 aromatic carbocycles. The van der Waals surface area contributed by atoms with Crippen molar-refractivity contribution in [3.8, 4) is 0 Å². The standard InChI is InChI=1S/C10H14O3S/c1-7(11)3-4-8-5-6-9(14-8)10(12)13-2/h5-7,11H,3-4H2,1-2H3/t7-/m1/s1. The van der Waals surface area contributed by atoms with Gasteiger partial charge in [0.15, 0.2) is 0 Å². The quantitative estimate of drug-likeness (QED) is 0.778. The Morgan fingerprint density at radius 3 is 2.93 bits per heavy atom. The summed E-state index contributed by atoms with van der Waals surface area (Å²) in [6.45, 7) is 1.76. The fourth-order valence-electron chi connectivity index (χ4n) is 1.07. The first-order valence-corrected chi connectivity index (χ1v) is 5.30. The van der Waals surface area contributed by atoms with Crippen molar-refractivity contribution in [3.05, 3.63) is 21.9 Å². The van der Waals surface area contributed by atoms with Gasteiger partial charge >= 0.3 is 5.97 Å². The van der Waals surface area contributed by atoms with Crippen LogP contribution in [0.25, 0.3) is 0 Å². The van der Waals surface area contributed by atoms with Crippen molar-refractivity contribution < 1.29 is 14.6 Å². The Balaban J connectivity index is 2.55. The molecule has 1 N–H and O–H groups in total. The number of carbonyl (C=O) groups is 1. The monoisotopic (exact) mass is 214 g/mol. The number of aliphatic hydroxyl groups is 1. The first-order chi connectivity index (χ1) is 6.63. The van der Waals surface area contributed by atoms with Crippen LogP contribution in [0.15, 0.2) is 12.1 Å². The third-order valence-electron chi connectivity index (χ3n) is 1.86. The second-order valence-corrected chi connectivity index (χ2v) is 4.31. The largest absolute Gasteiger partial charge is 0.465 e. The molecule has 0 unspecified atom stereocenters. The van der Waals surface area contributed by atoms with Crippen LogP contribution in [-0.2, 0) is 11.2 Å². The molecule has 0 saturated carbocycles. The van der Waals surface area contributed by atoms with Crippen LogP contribution < -0.4 is 0 Å². The number of hydrogen-bond donors (Lipinski definition) is 1. The Labute approximate surface area is 87.3 Å². The molecular formula is C10H14O3S. The second-order valence-electron chi connectivity index (χ2n) is 3.15. The highest BCUT2D eigenvalue weighted by Crippen LogP contribution is 2.19. The fourth-order valence-corrected chi connectivity index (χ4v) is 2.01. The van der Waals surface area contributed by atoms with Crippen LogP contribution >= 0.6 is 11.3 Å². The molecule has 0 fully saturated rings. The zero-order valence-electron chi connectivity index (χ0n) is 8.32.